The summed E-state index contributed by atoms with van der Waals surface area (Å²) in [5.74, 6) is 0. The third-order valence-electron chi connectivity index (χ3n) is 3.85. The SMILES string of the molecule is CN(C)[C@@H]1CCN(c2ccc(N)c(P(C)(C)=O)c2)C1. The Labute approximate surface area is 115 Å². The molecule has 1 aromatic carbocycles. The summed E-state index contributed by atoms with van der Waals surface area (Å²) in [6.45, 7) is 5.61. The molecule has 0 spiro atoms. The van der Waals surface area contributed by atoms with Crippen molar-refractivity contribution in [1.29, 1.82) is 0 Å². The number of nitrogens with two attached hydrogens (primary N) is 1. The molecule has 106 valence electrons. The van der Waals surface area contributed by atoms with E-state index in [1.807, 2.05) is 18.2 Å². The van der Waals surface area contributed by atoms with Crippen molar-refractivity contribution in [2.24, 2.45) is 0 Å². The molecule has 4 nitrogen and oxygen atoms in total. The van der Waals surface area contributed by atoms with Gasteiger partial charge in [-0.1, -0.05) is 0 Å². The maximum absolute atomic E-state index is 12.3. The van der Waals surface area contributed by atoms with Gasteiger partial charge in [-0.25, -0.2) is 0 Å². The van der Waals surface area contributed by atoms with Crippen molar-refractivity contribution in [1.82, 2.24) is 4.90 Å². The molecule has 0 aromatic heterocycles. The van der Waals surface area contributed by atoms with Gasteiger partial charge in [-0.15, -0.1) is 0 Å². The summed E-state index contributed by atoms with van der Waals surface area (Å²) in [5.41, 5.74) is 7.73. The summed E-state index contributed by atoms with van der Waals surface area (Å²) in [6, 6.07) is 6.52. The molecule has 1 saturated heterocycles. The first kappa shape index (κ1) is 14.4. The molecule has 0 unspecified atom stereocenters. The monoisotopic (exact) mass is 281 g/mol. The van der Waals surface area contributed by atoms with E-state index in [4.69, 9.17) is 5.73 Å². The summed E-state index contributed by atoms with van der Waals surface area (Å²) >= 11 is 0. The van der Waals surface area contributed by atoms with Crippen LogP contribution in [0.1, 0.15) is 6.42 Å². The Bertz CT molecular complexity index is 509. The fourth-order valence-electron chi connectivity index (χ4n) is 2.59. The molecule has 5 heteroatoms. The van der Waals surface area contributed by atoms with Crippen molar-refractivity contribution in [3.05, 3.63) is 18.2 Å². The molecule has 1 aromatic rings. The quantitative estimate of drug-likeness (QED) is 0.676. The number of likely N-dealkylation sites (N-methyl/N-ethyl adjacent to an activating group) is 1. The summed E-state index contributed by atoms with van der Waals surface area (Å²) in [7, 11) is 1.92. The number of anilines is 2. The second-order valence-electron chi connectivity index (χ2n) is 5.95. The third-order valence-corrected chi connectivity index (χ3v) is 5.40. The molecule has 2 N–H and O–H groups in total. The van der Waals surface area contributed by atoms with E-state index in [9.17, 15) is 4.57 Å². The van der Waals surface area contributed by atoms with Crippen molar-refractivity contribution in [2.75, 3.05) is 51.1 Å². The summed E-state index contributed by atoms with van der Waals surface area (Å²) < 4.78 is 12.3. The van der Waals surface area contributed by atoms with Crippen LogP contribution in [-0.2, 0) is 4.57 Å². The van der Waals surface area contributed by atoms with E-state index in [0.717, 1.165) is 24.1 Å². The zero-order chi connectivity index (χ0) is 14.2. The van der Waals surface area contributed by atoms with Gasteiger partial charge in [0.05, 0.1) is 0 Å². The highest BCUT2D eigenvalue weighted by molar-refractivity contribution is 7.70. The molecule has 19 heavy (non-hydrogen) atoms. The number of hydrogen-bond acceptors (Lipinski definition) is 4. The van der Waals surface area contributed by atoms with E-state index < -0.39 is 7.14 Å². The maximum atomic E-state index is 12.3. The summed E-state index contributed by atoms with van der Waals surface area (Å²) in [5, 5.41) is 0.804. The average molecular weight is 281 g/mol. The minimum Gasteiger partial charge on any atom is -0.398 e. The normalized spacial score (nSPS) is 20.3. The minimum absolute atomic E-state index is 0.594. The predicted octanol–water partition coefficient (Wildman–Crippen LogP) is 1.66. The second-order valence-corrected chi connectivity index (χ2v) is 9.13. The van der Waals surface area contributed by atoms with Crippen LogP contribution in [0.15, 0.2) is 18.2 Å². The lowest BCUT2D eigenvalue weighted by Gasteiger charge is -2.23. The maximum Gasteiger partial charge on any atom is 0.111 e. The molecule has 2 rings (SSSR count). The first-order valence-electron chi connectivity index (χ1n) is 6.65. The summed E-state index contributed by atoms with van der Waals surface area (Å²) in [4.78, 5) is 4.62. The van der Waals surface area contributed by atoms with Gasteiger partial charge < -0.3 is 20.1 Å². The molecule has 0 aliphatic carbocycles. The fraction of sp³-hybridized carbons (Fsp3) is 0.571. The van der Waals surface area contributed by atoms with Gasteiger partial charge in [0.1, 0.15) is 7.14 Å². The lowest BCUT2D eigenvalue weighted by atomic mass is 10.2. The Morgan fingerprint density at radius 3 is 2.58 bits per heavy atom. The van der Waals surface area contributed by atoms with Gasteiger partial charge in [0.2, 0.25) is 0 Å². The fourth-order valence-corrected chi connectivity index (χ4v) is 3.73. The second kappa shape index (κ2) is 5.18. The highest BCUT2D eigenvalue weighted by Gasteiger charge is 2.25. The van der Waals surface area contributed by atoms with Crippen LogP contribution in [0.25, 0.3) is 0 Å². The Kier molecular flexibility index (Phi) is 3.93. The highest BCUT2D eigenvalue weighted by Crippen LogP contribution is 2.38. The zero-order valence-corrected chi connectivity index (χ0v) is 13.2. The first-order valence-corrected chi connectivity index (χ1v) is 9.25. The van der Waals surface area contributed by atoms with Crippen LogP contribution in [0.2, 0.25) is 0 Å². The standard InChI is InChI=1S/C14H24N3OP/c1-16(2)12-7-8-17(10-12)11-5-6-13(15)14(9-11)19(3,4)18/h5-6,9,12H,7-8,10,15H2,1-4H3/t12-/m1/s1. The van der Waals surface area contributed by atoms with Crippen molar-refractivity contribution in [2.45, 2.75) is 12.5 Å². The molecule has 0 bridgehead atoms. The van der Waals surface area contributed by atoms with Crippen LogP contribution in [0.3, 0.4) is 0 Å². The molecular weight excluding hydrogens is 257 g/mol. The van der Waals surface area contributed by atoms with Gasteiger partial charge in [-0.3, -0.25) is 0 Å². The lowest BCUT2D eigenvalue weighted by Crippen LogP contribution is -2.31. The molecule has 1 aliphatic heterocycles. The number of nitrogens with zero attached hydrogens (tertiary/aromatic N) is 2. The van der Waals surface area contributed by atoms with E-state index in [-0.39, 0.29) is 0 Å². The zero-order valence-electron chi connectivity index (χ0n) is 12.3. The third kappa shape index (κ3) is 3.13. The van der Waals surface area contributed by atoms with E-state index in [0.29, 0.717) is 11.7 Å². The topological polar surface area (TPSA) is 49.6 Å². The largest absolute Gasteiger partial charge is 0.398 e. The lowest BCUT2D eigenvalue weighted by molar-refractivity contribution is 0.315. The van der Waals surface area contributed by atoms with Crippen LogP contribution in [0.4, 0.5) is 11.4 Å². The van der Waals surface area contributed by atoms with E-state index in [1.165, 1.54) is 6.42 Å². The molecule has 0 radical (unpaired) electrons. The predicted molar refractivity (Wildman–Crippen MR) is 84.2 cm³/mol. The number of rotatable bonds is 3. The first-order chi connectivity index (χ1) is 8.79. The van der Waals surface area contributed by atoms with Gasteiger partial charge in [-0.05, 0) is 52.0 Å². The van der Waals surface area contributed by atoms with Crippen LogP contribution >= 0.6 is 7.14 Å². The van der Waals surface area contributed by atoms with Crippen molar-refractivity contribution >= 4 is 23.8 Å². The minimum atomic E-state index is -2.32. The van der Waals surface area contributed by atoms with E-state index >= 15 is 0 Å². The molecule has 0 saturated carbocycles. The number of nitrogen functional groups attached to an aromatic ring is 1. The van der Waals surface area contributed by atoms with Crippen LogP contribution in [0, 0.1) is 0 Å². The number of hydrogen-bond donors (Lipinski definition) is 1. The molecule has 1 aliphatic rings. The van der Waals surface area contributed by atoms with Gasteiger partial charge in [0, 0.05) is 35.8 Å². The number of benzene rings is 1. The smallest absolute Gasteiger partial charge is 0.111 e. The molecular formula is C14H24N3OP. The van der Waals surface area contributed by atoms with Crippen LogP contribution < -0.4 is 15.9 Å². The Morgan fingerprint density at radius 2 is 2.05 bits per heavy atom. The van der Waals surface area contributed by atoms with Crippen LogP contribution in [0.5, 0.6) is 0 Å². The average Bonchev–Trinajstić information content (AvgIpc) is 2.77. The van der Waals surface area contributed by atoms with Gasteiger partial charge in [0.15, 0.2) is 0 Å². The highest BCUT2D eigenvalue weighted by atomic mass is 31.2. The molecule has 1 fully saturated rings. The van der Waals surface area contributed by atoms with Crippen molar-refractivity contribution in [3.8, 4) is 0 Å². The molecule has 1 heterocycles. The molecule has 1 atom stereocenters. The van der Waals surface area contributed by atoms with Crippen molar-refractivity contribution < 1.29 is 4.57 Å². The van der Waals surface area contributed by atoms with E-state index in [2.05, 4.69) is 23.9 Å². The van der Waals surface area contributed by atoms with Crippen molar-refractivity contribution in [3.63, 3.8) is 0 Å². The Balaban J connectivity index is 2.26. The Morgan fingerprint density at radius 1 is 1.37 bits per heavy atom. The van der Waals surface area contributed by atoms with Gasteiger partial charge >= 0.3 is 0 Å². The van der Waals surface area contributed by atoms with Gasteiger partial charge in [0.25, 0.3) is 0 Å². The Hall–Kier alpha value is -0.990. The van der Waals surface area contributed by atoms with Gasteiger partial charge in [-0.2, -0.15) is 0 Å². The van der Waals surface area contributed by atoms with E-state index in [1.54, 1.807) is 13.3 Å². The molecule has 0 amide bonds. The van der Waals surface area contributed by atoms with Crippen LogP contribution in [-0.4, -0.2) is 51.5 Å². The summed E-state index contributed by atoms with van der Waals surface area (Å²) in [6.07, 6.45) is 1.17.